The summed E-state index contributed by atoms with van der Waals surface area (Å²) in [6.45, 7) is 1.77. The first kappa shape index (κ1) is 15.2. The molecule has 0 aliphatic rings. The van der Waals surface area contributed by atoms with Crippen LogP contribution in [0.4, 0.5) is 5.69 Å². The summed E-state index contributed by atoms with van der Waals surface area (Å²) >= 11 is 0. The zero-order valence-electron chi connectivity index (χ0n) is 11.7. The largest absolute Gasteiger partial charge is 0.508 e. The fourth-order valence-electron chi connectivity index (χ4n) is 2.11. The van der Waals surface area contributed by atoms with E-state index in [2.05, 4.69) is 5.32 Å². The van der Waals surface area contributed by atoms with E-state index in [1.807, 2.05) is 0 Å². The molecule has 21 heavy (non-hydrogen) atoms. The SMILES string of the molecule is CC(Nc1ccccc1S(C)(=O)=O)c1cc(O)ccc1O. The lowest BCUT2D eigenvalue weighted by molar-refractivity contribution is 0.451. The highest BCUT2D eigenvalue weighted by molar-refractivity contribution is 7.90. The summed E-state index contributed by atoms with van der Waals surface area (Å²) in [5.74, 6) is 0.0671. The zero-order chi connectivity index (χ0) is 15.6. The lowest BCUT2D eigenvalue weighted by Crippen LogP contribution is -2.10. The maximum absolute atomic E-state index is 11.8. The second-order valence-electron chi connectivity index (χ2n) is 4.88. The number of rotatable bonds is 4. The van der Waals surface area contributed by atoms with Crippen molar-refractivity contribution in [2.75, 3.05) is 11.6 Å². The summed E-state index contributed by atoms with van der Waals surface area (Å²) in [7, 11) is -3.35. The minimum Gasteiger partial charge on any atom is -0.508 e. The van der Waals surface area contributed by atoms with Gasteiger partial charge in [-0.2, -0.15) is 0 Å². The van der Waals surface area contributed by atoms with Crippen LogP contribution in [0.25, 0.3) is 0 Å². The minimum atomic E-state index is -3.35. The van der Waals surface area contributed by atoms with Gasteiger partial charge in [0.25, 0.3) is 0 Å². The molecular weight excluding hydrogens is 290 g/mol. The van der Waals surface area contributed by atoms with Crippen LogP contribution < -0.4 is 5.32 Å². The van der Waals surface area contributed by atoms with E-state index in [4.69, 9.17) is 0 Å². The van der Waals surface area contributed by atoms with E-state index in [9.17, 15) is 18.6 Å². The standard InChI is InChI=1S/C15H17NO4S/c1-10(12-9-11(17)7-8-14(12)18)16-13-5-3-4-6-15(13)21(2,19)20/h3-10,16-18H,1-2H3. The number of hydrogen-bond acceptors (Lipinski definition) is 5. The molecule has 0 saturated carbocycles. The number of benzene rings is 2. The van der Waals surface area contributed by atoms with Crippen molar-refractivity contribution in [2.24, 2.45) is 0 Å². The maximum atomic E-state index is 11.8. The third kappa shape index (κ3) is 3.46. The average molecular weight is 307 g/mol. The third-order valence-corrected chi connectivity index (χ3v) is 4.29. The van der Waals surface area contributed by atoms with Gasteiger partial charge in [0.2, 0.25) is 0 Å². The van der Waals surface area contributed by atoms with Crippen molar-refractivity contribution in [3.8, 4) is 11.5 Å². The van der Waals surface area contributed by atoms with Crippen molar-refractivity contribution in [1.82, 2.24) is 0 Å². The van der Waals surface area contributed by atoms with Gasteiger partial charge in [0.15, 0.2) is 9.84 Å². The van der Waals surface area contributed by atoms with Crippen molar-refractivity contribution < 1.29 is 18.6 Å². The maximum Gasteiger partial charge on any atom is 0.177 e. The number of phenols is 2. The first-order chi connectivity index (χ1) is 9.79. The Balaban J connectivity index is 2.37. The molecule has 2 rings (SSSR count). The fraction of sp³-hybridized carbons (Fsp3) is 0.200. The van der Waals surface area contributed by atoms with E-state index >= 15 is 0 Å². The molecule has 0 radical (unpaired) electrons. The highest BCUT2D eigenvalue weighted by Crippen LogP contribution is 2.31. The molecule has 2 aromatic rings. The van der Waals surface area contributed by atoms with E-state index in [0.29, 0.717) is 11.3 Å². The summed E-state index contributed by atoms with van der Waals surface area (Å²) in [6.07, 6.45) is 1.14. The van der Waals surface area contributed by atoms with Gasteiger partial charge in [-0.15, -0.1) is 0 Å². The first-order valence-corrected chi connectivity index (χ1v) is 8.25. The number of nitrogens with one attached hydrogen (secondary N) is 1. The van der Waals surface area contributed by atoms with Gasteiger partial charge in [-0.3, -0.25) is 0 Å². The smallest absolute Gasteiger partial charge is 0.177 e. The molecular formula is C15H17NO4S. The molecule has 0 aromatic heterocycles. The van der Waals surface area contributed by atoms with Crippen LogP contribution >= 0.6 is 0 Å². The molecule has 2 aromatic carbocycles. The number of hydrogen-bond donors (Lipinski definition) is 3. The third-order valence-electron chi connectivity index (χ3n) is 3.14. The Morgan fingerprint density at radius 2 is 1.76 bits per heavy atom. The Morgan fingerprint density at radius 3 is 2.43 bits per heavy atom. The normalized spacial score (nSPS) is 12.9. The summed E-state index contributed by atoms with van der Waals surface area (Å²) < 4.78 is 23.5. The molecule has 0 fully saturated rings. The van der Waals surface area contributed by atoms with Crippen molar-refractivity contribution in [3.05, 3.63) is 48.0 Å². The van der Waals surface area contributed by atoms with Crippen molar-refractivity contribution in [3.63, 3.8) is 0 Å². The Bertz CT molecular complexity index is 756. The molecule has 0 spiro atoms. The molecule has 3 N–H and O–H groups in total. The van der Waals surface area contributed by atoms with Crippen molar-refractivity contribution >= 4 is 15.5 Å². The Kier molecular flexibility index (Phi) is 4.09. The minimum absolute atomic E-state index is 0.0321. The van der Waals surface area contributed by atoms with Crippen LogP contribution in [0.5, 0.6) is 11.5 Å². The number of phenolic OH excluding ortho intramolecular Hbond substituents is 2. The lowest BCUT2D eigenvalue weighted by atomic mass is 10.1. The molecule has 112 valence electrons. The summed E-state index contributed by atoms with van der Waals surface area (Å²) in [6, 6.07) is 10.4. The lowest BCUT2D eigenvalue weighted by Gasteiger charge is -2.19. The van der Waals surface area contributed by atoms with Crippen LogP contribution in [0.3, 0.4) is 0 Å². The van der Waals surface area contributed by atoms with Gasteiger partial charge in [0, 0.05) is 11.8 Å². The number of para-hydroxylation sites is 1. The number of anilines is 1. The highest BCUT2D eigenvalue weighted by atomic mass is 32.2. The molecule has 1 atom stereocenters. The van der Waals surface area contributed by atoms with Crippen LogP contribution in [0, 0.1) is 0 Å². The molecule has 1 unspecified atom stereocenters. The predicted octanol–water partition coefficient (Wildman–Crippen LogP) is 2.67. The molecule has 0 heterocycles. The Labute approximate surface area is 123 Å². The van der Waals surface area contributed by atoms with Crippen LogP contribution in [-0.4, -0.2) is 24.9 Å². The zero-order valence-corrected chi connectivity index (χ0v) is 12.6. The van der Waals surface area contributed by atoms with Gasteiger partial charge in [-0.1, -0.05) is 12.1 Å². The van der Waals surface area contributed by atoms with E-state index in [0.717, 1.165) is 6.26 Å². The summed E-state index contributed by atoms with van der Waals surface area (Å²) in [5.41, 5.74) is 0.938. The summed E-state index contributed by atoms with van der Waals surface area (Å²) in [4.78, 5) is 0.191. The monoisotopic (exact) mass is 307 g/mol. The molecule has 5 nitrogen and oxygen atoms in total. The average Bonchev–Trinajstić information content (AvgIpc) is 2.41. The summed E-state index contributed by atoms with van der Waals surface area (Å²) in [5, 5.41) is 22.4. The molecule has 0 aliphatic carbocycles. The van der Waals surface area contributed by atoms with Crippen molar-refractivity contribution in [1.29, 1.82) is 0 Å². The van der Waals surface area contributed by atoms with E-state index < -0.39 is 9.84 Å². The topological polar surface area (TPSA) is 86.6 Å². The second-order valence-corrected chi connectivity index (χ2v) is 6.86. The van der Waals surface area contributed by atoms with Gasteiger partial charge in [-0.05, 0) is 37.3 Å². The van der Waals surface area contributed by atoms with Crippen molar-refractivity contribution in [2.45, 2.75) is 17.9 Å². The highest BCUT2D eigenvalue weighted by Gasteiger charge is 2.16. The van der Waals surface area contributed by atoms with Crippen LogP contribution in [-0.2, 0) is 9.84 Å². The number of sulfone groups is 1. The second kappa shape index (κ2) is 5.65. The fourth-order valence-corrected chi connectivity index (χ4v) is 2.96. The van der Waals surface area contributed by atoms with E-state index in [1.54, 1.807) is 25.1 Å². The van der Waals surface area contributed by atoms with Gasteiger partial charge in [0.05, 0.1) is 16.6 Å². The molecule has 6 heteroatoms. The van der Waals surface area contributed by atoms with Crippen LogP contribution in [0.1, 0.15) is 18.5 Å². The van der Waals surface area contributed by atoms with Gasteiger partial charge < -0.3 is 15.5 Å². The first-order valence-electron chi connectivity index (χ1n) is 6.36. The van der Waals surface area contributed by atoms with Gasteiger partial charge in [-0.25, -0.2) is 8.42 Å². The Morgan fingerprint density at radius 1 is 1.10 bits per heavy atom. The van der Waals surface area contributed by atoms with Crippen LogP contribution in [0.2, 0.25) is 0 Å². The predicted molar refractivity (Wildman–Crippen MR) is 81.4 cm³/mol. The molecule has 0 saturated heterocycles. The number of aromatic hydroxyl groups is 2. The molecule has 0 amide bonds. The quantitative estimate of drug-likeness (QED) is 0.756. The Hall–Kier alpha value is -2.21. The van der Waals surface area contributed by atoms with E-state index in [-0.39, 0.29) is 22.4 Å². The van der Waals surface area contributed by atoms with Crippen LogP contribution in [0.15, 0.2) is 47.4 Å². The molecule has 0 bridgehead atoms. The van der Waals surface area contributed by atoms with E-state index in [1.165, 1.54) is 24.3 Å². The van der Waals surface area contributed by atoms with Gasteiger partial charge in [0.1, 0.15) is 11.5 Å². The molecule has 0 aliphatic heterocycles. The van der Waals surface area contributed by atoms with Gasteiger partial charge >= 0.3 is 0 Å².